The van der Waals surface area contributed by atoms with Crippen molar-refractivity contribution in [1.29, 1.82) is 0 Å². The molecule has 0 aliphatic carbocycles. The second kappa shape index (κ2) is 24.2. The Bertz CT molecular complexity index is 1230. The van der Waals surface area contributed by atoms with Crippen LogP contribution < -0.4 is 0 Å². The minimum absolute atomic E-state index is 0.267. The maximum Gasteiger partial charge on any atom is 0.469 e. The highest BCUT2D eigenvalue weighted by molar-refractivity contribution is 7.51. The van der Waals surface area contributed by atoms with Gasteiger partial charge < -0.3 is 109 Å². The Labute approximate surface area is 327 Å². The van der Waals surface area contributed by atoms with Gasteiger partial charge in [0.2, 0.25) is 0 Å². The smallest absolute Gasteiger partial charge is 0.396 e. The molecule has 27 heteroatoms. The topological polar surface area (TPSA) is 400 Å². The number of hydrogen-bond acceptors (Lipinski definition) is 22. The summed E-state index contributed by atoms with van der Waals surface area (Å²) >= 11 is 0. The fourth-order valence-electron chi connectivity index (χ4n) is 6.20. The van der Waals surface area contributed by atoms with Crippen molar-refractivity contribution in [2.24, 2.45) is 0 Å². The number of hydrogen-bond donors (Lipinski definition) is 14. The molecule has 57 heavy (non-hydrogen) atoms. The van der Waals surface area contributed by atoms with Gasteiger partial charge in [0.05, 0.1) is 51.3 Å². The first-order valence-corrected chi connectivity index (χ1v) is 21.3. The van der Waals surface area contributed by atoms with Crippen LogP contribution >= 0.6 is 15.4 Å². The Morgan fingerprint density at radius 2 is 1.14 bits per heavy atom. The Morgan fingerprint density at radius 1 is 0.649 bits per heavy atom. The lowest BCUT2D eigenvalue weighted by Gasteiger charge is -2.46. The van der Waals surface area contributed by atoms with Crippen LogP contribution in [0.3, 0.4) is 0 Å². The van der Waals surface area contributed by atoms with Crippen molar-refractivity contribution in [2.75, 3.05) is 60.5 Å². The average Bonchev–Trinajstić information content (AvgIpc) is 3.13. The summed E-state index contributed by atoms with van der Waals surface area (Å²) in [6, 6.07) is 0. The quantitative estimate of drug-likeness (QED) is 0.0506. The zero-order valence-corrected chi connectivity index (χ0v) is 33.5. The summed E-state index contributed by atoms with van der Waals surface area (Å²) in [5, 5.41) is 115. The van der Waals surface area contributed by atoms with Gasteiger partial charge >= 0.3 is 15.4 Å². The van der Waals surface area contributed by atoms with E-state index in [1.165, 1.54) is 14.0 Å². The standard InChI is InChI=1S/C29H55O21P.CH5O4P/c1-12-19(35)27(24(40)29(47-12)50-25(13(33)4-6-30)14(34)5-7-46-51(3,41)42)44-10-17-22(38)28(21(37)16(9-32)48-17)45-11-18-26(43-2)23(39)20(36)15(8-31)49-18;1-5-6(2,3)4/h12-40H,4-11H2,1-3H3,(H,41,42);1H3,(H2,2,3,4)/t12?,13?,14?,15?,16?,17-,18-,19+,20+,21-,22?,23-,24?,25?,26?,27+,28-,29+;/m1./s1. The first-order valence-electron chi connectivity index (χ1n) is 17.8. The van der Waals surface area contributed by atoms with E-state index in [2.05, 4.69) is 4.52 Å². The van der Waals surface area contributed by atoms with E-state index in [-0.39, 0.29) is 12.8 Å². The number of aliphatic hydroxyl groups excluding tert-OH is 11. The first kappa shape index (κ1) is 52.7. The zero-order valence-electron chi connectivity index (χ0n) is 31.7. The Morgan fingerprint density at radius 3 is 1.65 bits per heavy atom. The van der Waals surface area contributed by atoms with E-state index < -0.39 is 165 Å². The highest BCUT2D eigenvalue weighted by Crippen LogP contribution is 2.37. The third kappa shape index (κ3) is 15.8. The molecule has 19 atom stereocenters. The van der Waals surface area contributed by atoms with Gasteiger partial charge in [-0.15, -0.1) is 0 Å². The predicted molar refractivity (Wildman–Crippen MR) is 186 cm³/mol. The molecule has 25 nitrogen and oxygen atoms in total. The monoisotopic (exact) mass is 882 g/mol. The van der Waals surface area contributed by atoms with Gasteiger partial charge in [0, 0.05) is 27.5 Å². The molecule has 0 aromatic heterocycles. The van der Waals surface area contributed by atoms with Gasteiger partial charge in [-0.25, -0.2) is 4.57 Å². The van der Waals surface area contributed by atoms with Gasteiger partial charge in [-0.2, -0.15) is 0 Å². The van der Waals surface area contributed by atoms with Gasteiger partial charge in [0.25, 0.3) is 0 Å². The lowest BCUT2D eigenvalue weighted by Crippen LogP contribution is -2.64. The van der Waals surface area contributed by atoms with Crippen LogP contribution in [0.4, 0.5) is 0 Å². The number of phosphoric acid groups is 1. The fraction of sp³-hybridized carbons (Fsp3) is 1.00. The SMILES string of the molecule is COC1[C@@H](CO[C@H]2C(O)[C@@H](CO[C@@H]3C(O)[C@H](OC(C(O)CCO)C(O)CCOP(C)(=O)O)OC(C)[C@@H]3O)OC(CO)[C@H]2O)OC(CO)[C@H](O)[C@H]1O.COP(=O)(O)O. The molecule has 3 heterocycles. The van der Waals surface area contributed by atoms with Gasteiger partial charge in [0.15, 0.2) is 6.29 Å². The summed E-state index contributed by atoms with van der Waals surface area (Å²) in [5.74, 6) is 0. The zero-order chi connectivity index (χ0) is 43.4. The lowest BCUT2D eigenvalue weighted by molar-refractivity contribution is -0.328. The van der Waals surface area contributed by atoms with Gasteiger partial charge in [-0.1, -0.05) is 0 Å². The summed E-state index contributed by atoms with van der Waals surface area (Å²) in [5.41, 5.74) is 0. The summed E-state index contributed by atoms with van der Waals surface area (Å²) < 4.78 is 68.6. The molecule has 3 fully saturated rings. The van der Waals surface area contributed by atoms with Crippen LogP contribution in [-0.2, 0) is 51.3 Å². The first-order chi connectivity index (χ1) is 26.5. The van der Waals surface area contributed by atoms with Crippen LogP contribution in [0.15, 0.2) is 0 Å². The van der Waals surface area contributed by atoms with Crippen LogP contribution in [0.25, 0.3) is 0 Å². The summed E-state index contributed by atoms with van der Waals surface area (Å²) in [7, 11) is -5.83. The normalized spacial score (nSPS) is 39.0. The third-order valence-corrected chi connectivity index (χ3v) is 10.5. The molecule has 3 saturated heterocycles. The van der Waals surface area contributed by atoms with Crippen molar-refractivity contribution < 1.29 is 122 Å². The molecule has 3 aliphatic rings. The van der Waals surface area contributed by atoms with E-state index in [0.717, 1.165) is 13.8 Å². The van der Waals surface area contributed by atoms with Crippen molar-refractivity contribution in [3.8, 4) is 0 Å². The molecule has 0 spiro atoms. The largest absolute Gasteiger partial charge is 0.469 e. The molecule has 14 N–H and O–H groups in total. The molecule has 10 unspecified atom stereocenters. The number of phosphoric ester groups is 1. The summed E-state index contributed by atoms with van der Waals surface area (Å²) in [4.78, 5) is 24.8. The van der Waals surface area contributed by atoms with Crippen LogP contribution in [0.1, 0.15) is 19.8 Å². The Balaban J connectivity index is 0.00000173. The average molecular weight is 883 g/mol. The van der Waals surface area contributed by atoms with Crippen molar-refractivity contribution in [1.82, 2.24) is 0 Å². The molecule has 3 aliphatic heterocycles. The maximum atomic E-state index is 11.5. The minimum atomic E-state index is -4.15. The fourth-order valence-corrected chi connectivity index (χ4v) is 6.65. The van der Waals surface area contributed by atoms with Crippen molar-refractivity contribution in [3.05, 3.63) is 0 Å². The minimum Gasteiger partial charge on any atom is -0.396 e. The molecule has 0 radical (unpaired) electrons. The Kier molecular flexibility index (Phi) is 22.4. The predicted octanol–water partition coefficient (Wildman–Crippen LogP) is -6.36. The highest BCUT2D eigenvalue weighted by atomic mass is 31.2. The van der Waals surface area contributed by atoms with Crippen LogP contribution in [0.5, 0.6) is 0 Å². The van der Waals surface area contributed by atoms with E-state index in [9.17, 15) is 70.2 Å². The van der Waals surface area contributed by atoms with Gasteiger partial charge in [-0.05, 0) is 19.8 Å². The van der Waals surface area contributed by atoms with Gasteiger partial charge in [0.1, 0.15) is 85.5 Å². The molecule has 0 aromatic carbocycles. The van der Waals surface area contributed by atoms with E-state index in [4.69, 9.17) is 47.5 Å². The van der Waals surface area contributed by atoms with Crippen LogP contribution in [-0.4, -0.2) is 241 Å². The van der Waals surface area contributed by atoms with E-state index in [0.29, 0.717) is 0 Å². The molecule has 0 saturated carbocycles. The van der Waals surface area contributed by atoms with E-state index in [1.807, 2.05) is 0 Å². The molecular formula is C30H60O25P2. The highest BCUT2D eigenvalue weighted by Gasteiger charge is 2.50. The third-order valence-electron chi connectivity index (χ3n) is 9.34. The second-order valence-corrected chi connectivity index (χ2v) is 16.8. The molecule has 3 rings (SSSR count). The van der Waals surface area contributed by atoms with Crippen LogP contribution in [0.2, 0.25) is 0 Å². The molecular weight excluding hydrogens is 822 g/mol. The molecule has 0 bridgehead atoms. The van der Waals surface area contributed by atoms with E-state index in [1.54, 1.807) is 0 Å². The number of ether oxygens (including phenoxy) is 7. The van der Waals surface area contributed by atoms with Gasteiger partial charge in [-0.3, -0.25) is 9.09 Å². The van der Waals surface area contributed by atoms with Crippen molar-refractivity contribution in [2.45, 2.75) is 130 Å². The molecule has 0 amide bonds. The van der Waals surface area contributed by atoms with Crippen LogP contribution in [0, 0.1) is 0 Å². The van der Waals surface area contributed by atoms with Crippen molar-refractivity contribution in [3.63, 3.8) is 0 Å². The maximum absolute atomic E-state index is 11.5. The van der Waals surface area contributed by atoms with E-state index >= 15 is 0 Å². The molecule has 0 aromatic rings. The van der Waals surface area contributed by atoms with Crippen molar-refractivity contribution >= 4 is 15.4 Å². The summed E-state index contributed by atoms with van der Waals surface area (Å²) in [6.07, 6.45) is -26.3. The number of aliphatic hydroxyl groups is 11. The second-order valence-electron chi connectivity index (χ2n) is 13.6. The molecule has 340 valence electrons. The summed E-state index contributed by atoms with van der Waals surface area (Å²) in [6.45, 7) is -0.895. The Hall–Kier alpha value is -0.460. The lowest BCUT2D eigenvalue weighted by atomic mass is 9.93. The number of methoxy groups -OCH3 is 1. The number of rotatable bonds is 20.